The number of nitrogens with zero attached hydrogens (tertiary/aromatic N) is 1. The van der Waals surface area contributed by atoms with E-state index in [1.54, 1.807) is 0 Å². The van der Waals surface area contributed by atoms with Crippen LogP contribution < -0.4 is 5.30 Å². The standard InChI is InChI=1S/C12H16NOP.C6H6/c1-8(2)10-7-14-12(13-10)9-5-3-4-6-11(9)15;1-2-4-6-5-3-1/h3-6,8,10H,7,15H2,1-2H3;1-6H. The fourth-order valence-electron chi connectivity index (χ4n) is 1.95. The minimum Gasteiger partial charge on any atom is -0.475 e. The lowest BCUT2D eigenvalue weighted by Gasteiger charge is -2.06. The van der Waals surface area contributed by atoms with Crippen LogP contribution in [-0.4, -0.2) is 18.5 Å². The van der Waals surface area contributed by atoms with E-state index in [4.69, 9.17) is 4.74 Å². The molecule has 2 nitrogen and oxygen atoms in total. The SMILES string of the molecule is CC(C)C1COC(c2ccccc2P)=N1.c1ccccc1. The van der Waals surface area contributed by atoms with Gasteiger partial charge in [-0.3, -0.25) is 0 Å². The molecule has 0 aliphatic carbocycles. The summed E-state index contributed by atoms with van der Waals surface area (Å²) in [6.45, 7) is 5.06. The molecule has 0 fully saturated rings. The number of benzene rings is 2. The van der Waals surface area contributed by atoms with Gasteiger partial charge in [-0.2, -0.15) is 0 Å². The molecular weight excluding hydrogens is 277 g/mol. The largest absolute Gasteiger partial charge is 0.475 e. The molecule has 1 aliphatic heterocycles. The summed E-state index contributed by atoms with van der Waals surface area (Å²) in [6, 6.07) is 20.4. The van der Waals surface area contributed by atoms with Gasteiger partial charge >= 0.3 is 0 Å². The third kappa shape index (κ3) is 4.68. The van der Waals surface area contributed by atoms with E-state index in [9.17, 15) is 0 Å². The highest BCUT2D eigenvalue weighted by Gasteiger charge is 2.23. The summed E-state index contributed by atoms with van der Waals surface area (Å²) >= 11 is 0. The highest BCUT2D eigenvalue weighted by Crippen LogP contribution is 2.17. The smallest absolute Gasteiger partial charge is 0.217 e. The second kappa shape index (κ2) is 7.95. The second-order valence-corrected chi connectivity index (χ2v) is 5.92. The fourth-order valence-corrected chi connectivity index (χ4v) is 2.29. The van der Waals surface area contributed by atoms with Gasteiger partial charge in [-0.25, -0.2) is 4.99 Å². The van der Waals surface area contributed by atoms with E-state index in [1.165, 1.54) is 0 Å². The molecule has 2 unspecified atom stereocenters. The van der Waals surface area contributed by atoms with E-state index in [-0.39, 0.29) is 0 Å². The molecule has 0 radical (unpaired) electrons. The molecule has 1 aliphatic rings. The van der Waals surface area contributed by atoms with Crippen LogP contribution in [0.3, 0.4) is 0 Å². The number of ether oxygens (including phenoxy) is 1. The Morgan fingerprint density at radius 2 is 1.57 bits per heavy atom. The molecule has 0 saturated heterocycles. The van der Waals surface area contributed by atoms with Gasteiger partial charge in [0, 0.05) is 5.56 Å². The Labute approximate surface area is 129 Å². The third-order valence-corrected chi connectivity index (χ3v) is 3.80. The summed E-state index contributed by atoms with van der Waals surface area (Å²) < 4.78 is 5.63. The van der Waals surface area contributed by atoms with E-state index in [0.717, 1.165) is 16.8 Å². The summed E-state index contributed by atoms with van der Waals surface area (Å²) in [5.74, 6) is 1.33. The maximum absolute atomic E-state index is 5.63. The maximum atomic E-state index is 5.63. The molecule has 21 heavy (non-hydrogen) atoms. The van der Waals surface area contributed by atoms with Gasteiger partial charge in [0.1, 0.15) is 6.61 Å². The first-order valence-electron chi connectivity index (χ1n) is 7.24. The van der Waals surface area contributed by atoms with Crippen molar-refractivity contribution in [2.75, 3.05) is 6.61 Å². The molecule has 0 amide bonds. The molecule has 0 bridgehead atoms. The third-order valence-electron chi connectivity index (χ3n) is 3.30. The first-order valence-corrected chi connectivity index (χ1v) is 7.81. The van der Waals surface area contributed by atoms with Gasteiger partial charge in [0.25, 0.3) is 0 Å². The van der Waals surface area contributed by atoms with Crippen molar-refractivity contribution in [3.63, 3.8) is 0 Å². The van der Waals surface area contributed by atoms with Gasteiger partial charge in [0.05, 0.1) is 6.04 Å². The van der Waals surface area contributed by atoms with E-state index >= 15 is 0 Å². The van der Waals surface area contributed by atoms with Crippen molar-refractivity contribution < 1.29 is 4.74 Å². The first-order chi connectivity index (χ1) is 10.2. The van der Waals surface area contributed by atoms with Crippen LogP contribution in [0.2, 0.25) is 0 Å². The average Bonchev–Trinajstić information content (AvgIpc) is 3.00. The van der Waals surface area contributed by atoms with Crippen LogP contribution in [0.4, 0.5) is 0 Å². The monoisotopic (exact) mass is 299 g/mol. The normalized spacial score (nSPS) is 16.8. The van der Waals surface area contributed by atoms with Crippen molar-refractivity contribution in [1.29, 1.82) is 0 Å². The van der Waals surface area contributed by atoms with Crippen LogP contribution >= 0.6 is 9.24 Å². The Morgan fingerprint density at radius 1 is 1.00 bits per heavy atom. The summed E-state index contributed by atoms with van der Waals surface area (Å²) in [5, 5.41) is 1.14. The number of rotatable bonds is 2. The van der Waals surface area contributed by atoms with E-state index in [2.05, 4.69) is 34.1 Å². The number of hydrogen-bond acceptors (Lipinski definition) is 2. The maximum Gasteiger partial charge on any atom is 0.217 e. The Morgan fingerprint density at radius 3 is 2.05 bits per heavy atom. The lowest BCUT2D eigenvalue weighted by Crippen LogP contribution is -2.13. The zero-order chi connectivity index (χ0) is 15.1. The van der Waals surface area contributed by atoms with Crippen LogP contribution in [0.25, 0.3) is 0 Å². The highest BCUT2D eigenvalue weighted by atomic mass is 31.0. The summed E-state index contributed by atoms with van der Waals surface area (Å²) in [5.41, 5.74) is 1.09. The summed E-state index contributed by atoms with van der Waals surface area (Å²) in [6.07, 6.45) is 0. The van der Waals surface area contributed by atoms with Crippen LogP contribution in [0, 0.1) is 5.92 Å². The molecule has 3 rings (SSSR count). The number of hydrogen-bond donors (Lipinski definition) is 0. The topological polar surface area (TPSA) is 21.6 Å². The Kier molecular flexibility index (Phi) is 5.95. The summed E-state index contributed by atoms with van der Waals surface area (Å²) in [4.78, 5) is 4.60. The van der Waals surface area contributed by atoms with Crippen molar-refractivity contribution in [3.05, 3.63) is 66.2 Å². The van der Waals surface area contributed by atoms with Crippen molar-refractivity contribution in [3.8, 4) is 0 Å². The van der Waals surface area contributed by atoms with E-state index < -0.39 is 0 Å². The van der Waals surface area contributed by atoms with Gasteiger partial charge in [-0.1, -0.05) is 68.4 Å². The quantitative estimate of drug-likeness (QED) is 0.775. The van der Waals surface area contributed by atoms with Crippen molar-refractivity contribution in [1.82, 2.24) is 0 Å². The Bertz CT molecular complexity index is 554. The van der Waals surface area contributed by atoms with Gasteiger partial charge in [0.15, 0.2) is 0 Å². The molecular formula is C18H22NOP. The van der Waals surface area contributed by atoms with Gasteiger partial charge in [0.2, 0.25) is 5.90 Å². The zero-order valence-corrected chi connectivity index (χ0v) is 13.7. The molecule has 110 valence electrons. The second-order valence-electron chi connectivity index (χ2n) is 5.30. The van der Waals surface area contributed by atoms with Crippen LogP contribution in [0.1, 0.15) is 19.4 Å². The minimum atomic E-state index is 0.310. The average molecular weight is 299 g/mol. The Hall–Kier alpha value is -1.66. The first kappa shape index (κ1) is 15.7. The molecule has 3 heteroatoms. The van der Waals surface area contributed by atoms with Gasteiger partial charge in [-0.15, -0.1) is 9.24 Å². The van der Waals surface area contributed by atoms with Crippen LogP contribution in [-0.2, 0) is 4.74 Å². The van der Waals surface area contributed by atoms with Crippen molar-refractivity contribution >= 4 is 20.4 Å². The molecule has 0 aromatic heterocycles. The summed E-state index contributed by atoms with van der Waals surface area (Å²) in [7, 11) is 2.72. The van der Waals surface area contributed by atoms with E-state index in [1.807, 2.05) is 54.6 Å². The molecule has 0 N–H and O–H groups in total. The predicted molar refractivity (Wildman–Crippen MR) is 93.3 cm³/mol. The molecule has 0 saturated carbocycles. The number of aliphatic imine (C=N–C) groups is 1. The minimum absolute atomic E-state index is 0.310. The molecule has 0 spiro atoms. The molecule has 2 aromatic carbocycles. The highest BCUT2D eigenvalue weighted by molar-refractivity contribution is 7.27. The van der Waals surface area contributed by atoms with Crippen LogP contribution in [0.5, 0.6) is 0 Å². The van der Waals surface area contributed by atoms with E-state index in [0.29, 0.717) is 18.6 Å². The van der Waals surface area contributed by atoms with Crippen LogP contribution in [0.15, 0.2) is 65.7 Å². The van der Waals surface area contributed by atoms with Gasteiger partial charge < -0.3 is 4.74 Å². The van der Waals surface area contributed by atoms with Gasteiger partial charge in [-0.05, 0) is 17.3 Å². The van der Waals surface area contributed by atoms with Crippen molar-refractivity contribution in [2.45, 2.75) is 19.9 Å². The van der Waals surface area contributed by atoms with Crippen molar-refractivity contribution in [2.24, 2.45) is 10.9 Å². The zero-order valence-electron chi connectivity index (χ0n) is 12.6. The predicted octanol–water partition coefficient (Wildman–Crippen LogP) is 3.68. The molecule has 2 atom stereocenters. The lowest BCUT2D eigenvalue weighted by atomic mass is 10.1. The Balaban J connectivity index is 0.000000225. The lowest BCUT2D eigenvalue weighted by molar-refractivity contribution is 0.292. The molecule has 2 aromatic rings. The molecule has 1 heterocycles. The fraction of sp³-hybridized carbons (Fsp3) is 0.278.